The summed E-state index contributed by atoms with van der Waals surface area (Å²) in [5, 5.41) is 2.35. The molecule has 2 aromatic rings. The lowest BCUT2D eigenvalue weighted by atomic mass is 10.2. The monoisotopic (exact) mass is 351 g/mol. The lowest BCUT2D eigenvalue weighted by Crippen LogP contribution is -2.21. The van der Waals surface area contributed by atoms with Crippen LogP contribution in [-0.4, -0.2) is 32.7 Å². The minimum Gasteiger partial charge on any atom is -0.497 e. The Labute approximate surface area is 142 Å². The van der Waals surface area contributed by atoms with E-state index in [1.807, 2.05) is 0 Å². The Kier molecular flexibility index (Phi) is 5.89. The van der Waals surface area contributed by atoms with Gasteiger partial charge in [0.2, 0.25) is 0 Å². The Morgan fingerprint density at radius 3 is 2.44 bits per heavy atom. The summed E-state index contributed by atoms with van der Waals surface area (Å²) in [5.41, 5.74) is 0.190. The average Bonchev–Trinajstić information content (AvgIpc) is 2.62. The van der Waals surface area contributed by atoms with Crippen LogP contribution in [0.5, 0.6) is 11.5 Å². The Balaban J connectivity index is 2.07. The van der Waals surface area contributed by atoms with E-state index in [9.17, 15) is 18.4 Å². The number of esters is 1. The van der Waals surface area contributed by atoms with Crippen molar-refractivity contribution in [2.45, 2.75) is 0 Å². The Morgan fingerprint density at radius 2 is 1.80 bits per heavy atom. The van der Waals surface area contributed by atoms with Gasteiger partial charge in [0.1, 0.15) is 17.1 Å². The fourth-order valence-electron chi connectivity index (χ4n) is 1.94. The van der Waals surface area contributed by atoms with E-state index in [0.717, 1.165) is 12.1 Å². The fourth-order valence-corrected chi connectivity index (χ4v) is 1.94. The number of carbonyl (C=O) groups excluding carboxylic acids is 2. The molecule has 0 spiro atoms. The van der Waals surface area contributed by atoms with Crippen LogP contribution in [-0.2, 0) is 9.53 Å². The molecule has 6 nitrogen and oxygen atoms in total. The number of ether oxygens (including phenoxy) is 3. The molecule has 0 aliphatic heterocycles. The second-order valence-corrected chi connectivity index (χ2v) is 4.82. The highest BCUT2D eigenvalue weighted by Crippen LogP contribution is 2.25. The number of hydrogen-bond donors (Lipinski definition) is 1. The topological polar surface area (TPSA) is 73.9 Å². The van der Waals surface area contributed by atoms with E-state index < -0.39 is 30.1 Å². The van der Waals surface area contributed by atoms with Gasteiger partial charge < -0.3 is 19.5 Å². The summed E-state index contributed by atoms with van der Waals surface area (Å²) in [4.78, 5) is 23.6. The molecule has 0 saturated carbocycles. The SMILES string of the molecule is COC(=O)c1ccc(OC)cc1OCC(=O)Nc1ccc(F)c(F)c1. The molecular formula is C17H15F2NO5. The average molecular weight is 351 g/mol. The van der Waals surface area contributed by atoms with Crippen molar-refractivity contribution in [1.82, 2.24) is 0 Å². The van der Waals surface area contributed by atoms with Gasteiger partial charge in [-0.15, -0.1) is 0 Å². The van der Waals surface area contributed by atoms with E-state index in [0.29, 0.717) is 5.75 Å². The lowest BCUT2D eigenvalue weighted by Gasteiger charge is -2.12. The van der Waals surface area contributed by atoms with Crippen molar-refractivity contribution in [3.63, 3.8) is 0 Å². The number of hydrogen-bond acceptors (Lipinski definition) is 5. The van der Waals surface area contributed by atoms with Crippen LogP contribution in [0.25, 0.3) is 0 Å². The van der Waals surface area contributed by atoms with E-state index in [1.165, 1.54) is 32.4 Å². The van der Waals surface area contributed by atoms with Crippen molar-refractivity contribution in [2.75, 3.05) is 26.1 Å². The second kappa shape index (κ2) is 8.09. The zero-order chi connectivity index (χ0) is 18.4. The zero-order valence-corrected chi connectivity index (χ0v) is 13.5. The van der Waals surface area contributed by atoms with E-state index in [2.05, 4.69) is 10.1 Å². The molecule has 1 N–H and O–H groups in total. The van der Waals surface area contributed by atoms with Crippen LogP contribution in [0.2, 0.25) is 0 Å². The Hall–Kier alpha value is -3.16. The summed E-state index contributed by atoms with van der Waals surface area (Å²) in [7, 11) is 2.65. The standard InChI is InChI=1S/C17H15F2NO5/c1-23-11-4-5-12(17(22)24-2)15(8-11)25-9-16(21)20-10-3-6-13(18)14(19)7-10/h3-8H,9H2,1-2H3,(H,20,21). The summed E-state index contributed by atoms with van der Waals surface area (Å²) in [5.74, 6) is -2.86. The second-order valence-electron chi connectivity index (χ2n) is 4.82. The number of carbonyl (C=O) groups is 2. The summed E-state index contributed by atoms with van der Waals surface area (Å²) in [6.45, 7) is -0.462. The number of nitrogens with one attached hydrogen (secondary N) is 1. The molecule has 0 unspecified atom stereocenters. The van der Waals surface area contributed by atoms with Crippen molar-refractivity contribution in [2.24, 2.45) is 0 Å². The molecule has 2 aromatic carbocycles. The predicted octanol–water partition coefficient (Wildman–Crippen LogP) is 2.78. The Bertz CT molecular complexity index is 795. The predicted molar refractivity (Wildman–Crippen MR) is 84.8 cm³/mol. The van der Waals surface area contributed by atoms with Crippen LogP contribution in [0.15, 0.2) is 36.4 Å². The molecule has 0 saturated heterocycles. The normalized spacial score (nSPS) is 10.1. The third-order valence-electron chi connectivity index (χ3n) is 3.16. The summed E-state index contributed by atoms with van der Waals surface area (Å²) in [6.07, 6.45) is 0. The summed E-state index contributed by atoms with van der Waals surface area (Å²) >= 11 is 0. The first-order valence-corrected chi connectivity index (χ1v) is 7.08. The molecule has 132 valence electrons. The highest BCUT2D eigenvalue weighted by molar-refractivity contribution is 5.94. The van der Waals surface area contributed by atoms with Crippen molar-refractivity contribution in [3.8, 4) is 11.5 Å². The molecule has 0 radical (unpaired) electrons. The molecule has 0 bridgehead atoms. The van der Waals surface area contributed by atoms with Crippen LogP contribution in [0, 0.1) is 11.6 Å². The van der Waals surface area contributed by atoms with Gasteiger partial charge in [-0.25, -0.2) is 13.6 Å². The number of halogens is 2. The molecular weight excluding hydrogens is 336 g/mol. The zero-order valence-electron chi connectivity index (χ0n) is 13.5. The van der Waals surface area contributed by atoms with Gasteiger partial charge in [0.25, 0.3) is 5.91 Å². The largest absolute Gasteiger partial charge is 0.497 e. The quantitative estimate of drug-likeness (QED) is 0.810. The molecule has 0 aliphatic rings. The molecule has 0 aliphatic carbocycles. The molecule has 25 heavy (non-hydrogen) atoms. The van der Waals surface area contributed by atoms with Gasteiger partial charge >= 0.3 is 5.97 Å². The number of benzene rings is 2. The first-order chi connectivity index (χ1) is 11.9. The van der Waals surface area contributed by atoms with Crippen molar-refractivity contribution < 1.29 is 32.6 Å². The third-order valence-corrected chi connectivity index (χ3v) is 3.16. The maximum absolute atomic E-state index is 13.1. The van der Waals surface area contributed by atoms with E-state index >= 15 is 0 Å². The van der Waals surface area contributed by atoms with Gasteiger partial charge in [-0.2, -0.15) is 0 Å². The Morgan fingerprint density at radius 1 is 1.04 bits per heavy atom. The van der Waals surface area contributed by atoms with E-state index in [1.54, 1.807) is 6.07 Å². The van der Waals surface area contributed by atoms with Crippen molar-refractivity contribution >= 4 is 17.6 Å². The number of anilines is 1. The number of amides is 1. The first kappa shape index (κ1) is 18.2. The molecule has 0 aromatic heterocycles. The van der Waals surface area contributed by atoms with E-state index in [4.69, 9.17) is 9.47 Å². The minimum atomic E-state index is -1.08. The van der Waals surface area contributed by atoms with Crippen LogP contribution in [0.4, 0.5) is 14.5 Å². The summed E-state index contributed by atoms with van der Waals surface area (Å²) in [6, 6.07) is 7.36. The minimum absolute atomic E-state index is 0.0753. The van der Waals surface area contributed by atoms with Gasteiger partial charge in [0.05, 0.1) is 14.2 Å². The highest BCUT2D eigenvalue weighted by atomic mass is 19.2. The third kappa shape index (κ3) is 4.66. The van der Waals surface area contributed by atoms with E-state index in [-0.39, 0.29) is 17.0 Å². The van der Waals surface area contributed by atoms with Gasteiger partial charge in [-0.1, -0.05) is 0 Å². The number of rotatable bonds is 6. The van der Waals surface area contributed by atoms with Crippen molar-refractivity contribution in [1.29, 1.82) is 0 Å². The number of methoxy groups -OCH3 is 2. The van der Waals surface area contributed by atoms with Crippen LogP contribution >= 0.6 is 0 Å². The maximum Gasteiger partial charge on any atom is 0.341 e. The molecule has 2 rings (SSSR count). The maximum atomic E-state index is 13.1. The van der Waals surface area contributed by atoms with Crippen molar-refractivity contribution in [3.05, 3.63) is 53.6 Å². The summed E-state index contributed by atoms with van der Waals surface area (Å²) < 4.78 is 41.0. The molecule has 8 heteroatoms. The first-order valence-electron chi connectivity index (χ1n) is 7.08. The molecule has 0 fully saturated rings. The van der Waals surface area contributed by atoms with Crippen LogP contribution in [0.3, 0.4) is 0 Å². The molecule has 0 heterocycles. The van der Waals surface area contributed by atoms with Gasteiger partial charge in [-0.3, -0.25) is 4.79 Å². The molecule has 1 amide bonds. The highest BCUT2D eigenvalue weighted by Gasteiger charge is 2.16. The van der Waals surface area contributed by atoms with Gasteiger partial charge in [-0.05, 0) is 24.3 Å². The van der Waals surface area contributed by atoms with Gasteiger partial charge in [0.15, 0.2) is 18.2 Å². The fraction of sp³-hybridized carbons (Fsp3) is 0.176. The molecule has 0 atom stereocenters. The van der Waals surface area contributed by atoms with Crippen LogP contribution in [0.1, 0.15) is 10.4 Å². The smallest absolute Gasteiger partial charge is 0.341 e. The van der Waals surface area contributed by atoms with Gasteiger partial charge in [0, 0.05) is 17.8 Å². The lowest BCUT2D eigenvalue weighted by molar-refractivity contribution is -0.118. The van der Waals surface area contributed by atoms with Crippen LogP contribution < -0.4 is 14.8 Å².